The molecule has 0 fully saturated rings. The second kappa shape index (κ2) is 6.87. The normalized spacial score (nSPS) is 10.9. The van der Waals surface area contributed by atoms with Gasteiger partial charge in [0.1, 0.15) is 6.29 Å². The van der Waals surface area contributed by atoms with Gasteiger partial charge in [0, 0.05) is 16.5 Å². The Balaban J connectivity index is 1.71. The van der Waals surface area contributed by atoms with Crippen LogP contribution in [0, 0.1) is 0 Å². The monoisotopic (exact) mass is 307 g/mol. The maximum atomic E-state index is 10.9. The minimum Gasteiger partial charge on any atom is -0.298 e. The number of rotatable bonds is 5. The summed E-state index contributed by atoms with van der Waals surface area (Å²) in [5, 5.41) is 10.9. The predicted molar refractivity (Wildman–Crippen MR) is 87.6 cm³/mol. The van der Waals surface area contributed by atoms with Crippen LogP contribution in [0.3, 0.4) is 0 Å². The Morgan fingerprint density at radius 3 is 2.64 bits per heavy atom. The molecule has 0 atom stereocenters. The maximum Gasteiger partial charge on any atom is 0.230 e. The summed E-state index contributed by atoms with van der Waals surface area (Å²) in [6, 6.07) is 17.3. The summed E-state index contributed by atoms with van der Waals surface area (Å²) in [4.78, 5) is 15.4. The molecular formula is C17H13N3OS. The number of nitrogens with zero attached hydrogens (tertiary/aromatic N) is 3. The Hall–Kier alpha value is -2.66. The third kappa shape index (κ3) is 3.32. The van der Waals surface area contributed by atoms with Gasteiger partial charge in [-0.3, -0.25) is 4.79 Å². The Bertz CT molecular complexity index is 796. The molecule has 0 unspecified atom stereocenters. The van der Waals surface area contributed by atoms with Gasteiger partial charge in [-0.25, -0.2) is 4.98 Å². The lowest BCUT2D eigenvalue weighted by Crippen LogP contribution is -1.89. The lowest BCUT2D eigenvalue weighted by Gasteiger charge is -1.98. The molecule has 4 nitrogen and oxygen atoms in total. The van der Waals surface area contributed by atoms with Crippen LogP contribution < -0.4 is 0 Å². The maximum absolute atomic E-state index is 10.9. The van der Waals surface area contributed by atoms with Crippen LogP contribution in [-0.2, 0) is 6.54 Å². The van der Waals surface area contributed by atoms with Crippen molar-refractivity contribution in [1.29, 1.82) is 0 Å². The number of hydrogen-bond acceptors (Lipinski definition) is 5. The molecule has 0 saturated heterocycles. The Morgan fingerprint density at radius 1 is 1.05 bits per heavy atom. The van der Waals surface area contributed by atoms with Crippen molar-refractivity contribution in [2.45, 2.75) is 6.54 Å². The molecule has 0 N–H and O–H groups in total. The number of hydrogen-bond donors (Lipinski definition) is 0. The van der Waals surface area contributed by atoms with Gasteiger partial charge >= 0.3 is 0 Å². The number of azo groups is 1. The van der Waals surface area contributed by atoms with Crippen molar-refractivity contribution >= 4 is 22.8 Å². The first-order chi connectivity index (χ1) is 10.9. The summed E-state index contributed by atoms with van der Waals surface area (Å²) in [5.74, 6) is 0. The third-order valence-corrected chi connectivity index (χ3v) is 3.87. The zero-order valence-electron chi connectivity index (χ0n) is 11.7. The smallest absolute Gasteiger partial charge is 0.230 e. The molecule has 22 heavy (non-hydrogen) atoms. The van der Waals surface area contributed by atoms with Crippen molar-refractivity contribution in [1.82, 2.24) is 4.98 Å². The van der Waals surface area contributed by atoms with Crippen LogP contribution in [-0.4, -0.2) is 11.3 Å². The lowest BCUT2D eigenvalue weighted by molar-refractivity contribution is 0.112. The fourth-order valence-corrected chi connectivity index (χ4v) is 2.68. The SMILES string of the molecule is O=Cc1ccccc1CN=Nc1nc(-c2ccccc2)cs1. The molecule has 0 radical (unpaired) electrons. The van der Waals surface area contributed by atoms with Crippen molar-refractivity contribution in [3.05, 3.63) is 71.1 Å². The van der Waals surface area contributed by atoms with E-state index in [1.54, 1.807) is 6.07 Å². The van der Waals surface area contributed by atoms with Gasteiger partial charge in [-0.2, -0.15) is 5.11 Å². The number of carbonyl (C=O) groups excluding carboxylic acids is 1. The van der Waals surface area contributed by atoms with Crippen LogP contribution in [0.2, 0.25) is 0 Å². The quantitative estimate of drug-likeness (QED) is 0.497. The summed E-state index contributed by atoms with van der Waals surface area (Å²) in [5.41, 5.74) is 3.46. The first-order valence-electron chi connectivity index (χ1n) is 6.78. The molecule has 3 aromatic rings. The standard InChI is InChI=1S/C17H13N3OS/c21-11-15-9-5-4-8-14(15)10-18-20-17-19-16(12-22-17)13-6-2-1-3-7-13/h1-9,11-12H,10H2. The summed E-state index contributed by atoms with van der Waals surface area (Å²) < 4.78 is 0. The van der Waals surface area contributed by atoms with E-state index in [1.165, 1.54) is 11.3 Å². The molecule has 3 rings (SSSR count). The van der Waals surface area contributed by atoms with Crippen LogP contribution in [0.4, 0.5) is 5.13 Å². The molecule has 0 aliphatic carbocycles. The Labute approximate surface area is 132 Å². The van der Waals surface area contributed by atoms with Crippen LogP contribution in [0.1, 0.15) is 15.9 Å². The van der Waals surface area contributed by atoms with Gasteiger partial charge in [0.2, 0.25) is 5.13 Å². The summed E-state index contributed by atoms with van der Waals surface area (Å²) in [7, 11) is 0. The fraction of sp³-hybridized carbons (Fsp3) is 0.0588. The highest BCUT2D eigenvalue weighted by Gasteiger charge is 2.03. The van der Waals surface area contributed by atoms with E-state index in [0.717, 1.165) is 23.1 Å². The summed E-state index contributed by atoms with van der Waals surface area (Å²) in [6.07, 6.45) is 0.835. The van der Waals surface area contributed by atoms with Gasteiger partial charge in [-0.1, -0.05) is 54.6 Å². The van der Waals surface area contributed by atoms with E-state index < -0.39 is 0 Å². The zero-order chi connectivity index (χ0) is 15.2. The van der Waals surface area contributed by atoms with E-state index in [2.05, 4.69) is 15.2 Å². The van der Waals surface area contributed by atoms with E-state index in [0.29, 0.717) is 17.2 Å². The molecule has 1 aromatic heterocycles. The van der Waals surface area contributed by atoms with Gasteiger partial charge in [-0.15, -0.1) is 16.5 Å². The number of thiazole rings is 1. The Morgan fingerprint density at radius 2 is 1.82 bits per heavy atom. The average Bonchev–Trinajstić information content (AvgIpc) is 3.05. The first kappa shape index (κ1) is 14.3. The van der Waals surface area contributed by atoms with Crippen LogP contribution >= 0.6 is 11.3 Å². The average molecular weight is 307 g/mol. The van der Waals surface area contributed by atoms with Crippen molar-refractivity contribution in [3.8, 4) is 11.3 Å². The van der Waals surface area contributed by atoms with E-state index >= 15 is 0 Å². The van der Waals surface area contributed by atoms with Gasteiger partial charge in [0.25, 0.3) is 0 Å². The number of benzene rings is 2. The van der Waals surface area contributed by atoms with E-state index in [9.17, 15) is 4.79 Å². The lowest BCUT2D eigenvalue weighted by atomic mass is 10.1. The topological polar surface area (TPSA) is 54.7 Å². The van der Waals surface area contributed by atoms with Gasteiger partial charge in [0.15, 0.2) is 0 Å². The summed E-state index contributed by atoms with van der Waals surface area (Å²) in [6.45, 7) is 0.370. The molecule has 0 bridgehead atoms. The van der Waals surface area contributed by atoms with Crippen molar-refractivity contribution in [2.24, 2.45) is 10.2 Å². The van der Waals surface area contributed by atoms with Crippen molar-refractivity contribution in [2.75, 3.05) is 0 Å². The minimum absolute atomic E-state index is 0.370. The third-order valence-electron chi connectivity index (χ3n) is 3.14. The van der Waals surface area contributed by atoms with E-state index in [4.69, 9.17) is 0 Å². The molecule has 1 heterocycles. The second-order valence-corrected chi connectivity index (χ2v) is 5.43. The van der Waals surface area contributed by atoms with Gasteiger partial charge < -0.3 is 0 Å². The Kier molecular flexibility index (Phi) is 4.46. The van der Waals surface area contributed by atoms with E-state index in [-0.39, 0.29) is 0 Å². The second-order valence-electron chi connectivity index (χ2n) is 4.60. The number of carbonyl (C=O) groups is 1. The molecule has 108 valence electrons. The van der Waals surface area contributed by atoms with Gasteiger partial charge in [-0.05, 0) is 5.56 Å². The van der Waals surface area contributed by atoms with E-state index in [1.807, 2.05) is 53.9 Å². The highest BCUT2D eigenvalue weighted by atomic mass is 32.1. The van der Waals surface area contributed by atoms with Crippen LogP contribution in [0.25, 0.3) is 11.3 Å². The highest BCUT2D eigenvalue weighted by Crippen LogP contribution is 2.26. The molecule has 0 saturated carbocycles. The first-order valence-corrected chi connectivity index (χ1v) is 7.66. The minimum atomic E-state index is 0.370. The molecule has 2 aromatic carbocycles. The molecule has 0 aliphatic heterocycles. The van der Waals surface area contributed by atoms with Crippen LogP contribution in [0.15, 0.2) is 70.2 Å². The molecule has 0 spiro atoms. The summed E-state index contributed by atoms with van der Waals surface area (Å²) >= 11 is 1.45. The fourth-order valence-electron chi connectivity index (χ4n) is 2.02. The largest absolute Gasteiger partial charge is 0.298 e. The van der Waals surface area contributed by atoms with Crippen molar-refractivity contribution < 1.29 is 4.79 Å². The highest BCUT2D eigenvalue weighted by molar-refractivity contribution is 7.13. The molecule has 5 heteroatoms. The molecule has 0 aliphatic rings. The predicted octanol–water partition coefficient (Wildman–Crippen LogP) is 4.91. The van der Waals surface area contributed by atoms with Gasteiger partial charge in [0.05, 0.1) is 12.2 Å². The number of aldehydes is 1. The number of aromatic nitrogens is 1. The molecular weight excluding hydrogens is 294 g/mol. The van der Waals surface area contributed by atoms with Crippen LogP contribution in [0.5, 0.6) is 0 Å². The van der Waals surface area contributed by atoms with Crippen molar-refractivity contribution in [3.63, 3.8) is 0 Å². The zero-order valence-corrected chi connectivity index (χ0v) is 12.5. The molecule has 0 amide bonds.